The second-order valence-electron chi connectivity index (χ2n) is 5.83. The van der Waals surface area contributed by atoms with Crippen LogP contribution in [0, 0.1) is 6.92 Å². The molecule has 23 heavy (non-hydrogen) atoms. The first-order valence-electron chi connectivity index (χ1n) is 8.16. The number of ether oxygens (including phenoxy) is 1. The van der Waals surface area contributed by atoms with Gasteiger partial charge in [-0.25, -0.2) is 0 Å². The van der Waals surface area contributed by atoms with E-state index in [4.69, 9.17) is 4.74 Å². The van der Waals surface area contributed by atoms with Gasteiger partial charge in [0.2, 0.25) is 0 Å². The molecule has 2 rings (SSSR count). The van der Waals surface area contributed by atoms with Gasteiger partial charge >= 0.3 is 0 Å². The van der Waals surface area contributed by atoms with Crippen LogP contribution in [0.5, 0.6) is 5.75 Å². The Morgan fingerprint density at radius 3 is 2.35 bits per heavy atom. The second kappa shape index (κ2) is 8.37. The third-order valence-electron chi connectivity index (χ3n) is 3.99. The van der Waals surface area contributed by atoms with E-state index in [0.717, 1.165) is 6.42 Å². The summed E-state index contributed by atoms with van der Waals surface area (Å²) in [7, 11) is 0. The van der Waals surface area contributed by atoms with Crippen molar-refractivity contribution < 1.29 is 9.53 Å². The third kappa shape index (κ3) is 5.13. The number of benzene rings is 2. The maximum Gasteiger partial charge on any atom is 0.260 e. The standard InChI is InChI=1S/C20H25NO2/c1-4-17(18-8-6-5-7-9-18)14-21-20(22)16(3)23-19-12-10-15(2)11-13-19/h5-13,16-17H,4,14H2,1-3H3,(H,21,22). The maximum atomic E-state index is 12.2. The average Bonchev–Trinajstić information content (AvgIpc) is 2.58. The monoisotopic (exact) mass is 311 g/mol. The van der Waals surface area contributed by atoms with Gasteiger partial charge in [0.15, 0.2) is 6.10 Å². The average molecular weight is 311 g/mol. The molecule has 0 aliphatic carbocycles. The Labute approximate surface area is 138 Å². The number of amides is 1. The third-order valence-corrected chi connectivity index (χ3v) is 3.99. The quantitative estimate of drug-likeness (QED) is 0.837. The number of rotatable bonds is 7. The van der Waals surface area contributed by atoms with Gasteiger partial charge in [-0.1, -0.05) is 55.0 Å². The lowest BCUT2D eigenvalue weighted by Gasteiger charge is -2.19. The molecule has 2 aromatic carbocycles. The maximum absolute atomic E-state index is 12.2. The van der Waals surface area contributed by atoms with Crippen LogP contribution in [-0.2, 0) is 4.79 Å². The molecule has 2 atom stereocenters. The molecule has 2 unspecified atom stereocenters. The van der Waals surface area contributed by atoms with Gasteiger partial charge in [0.05, 0.1) is 0 Å². The molecule has 0 aromatic heterocycles. The van der Waals surface area contributed by atoms with E-state index < -0.39 is 6.10 Å². The summed E-state index contributed by atoms with van der Waals surface area (Å²) in [4.78, 5) is 12.2. The molecular weight excluding hydrogens is 286 g/mol. The summed E-state index contributed by atoms with van der Waals surface area (Å²) >= 11 is 0. The molecule has 0 heterocycles. The van der Waals surface area contributed by atoms with Crippen molar-refractivity contribution in [3.63, 3.8) is 0 Å². The highest BCUT2D eigenvalue weighted by Gasteiger charge is 2.16. The van der Waals surface area contributed by atoms with E-state index in [-0.39, 0.29) is 5.91 Å². The van der Waals surface area contributed by atoms with Crippen molar-refractivity contribution >= 4 is 5.91 Å². The molecule has 2 aromatic rings. The van der Waals surface area contributed by atoms with Crippen LogP contribution in [0.15, 0.2) is 54.6 Å². The van der Waals surface area contributed by atoms with Crippen LogP contribution in [0.4, 0.5) is 0 Å². The summed E-state index contributed by atoms with van der Waals surface area (Å²) in [6.07, 6.45) is 0.475. The zero-order chi connectivity index (χ0) is 16.7. The van der Waals surface area contributed by atoms with Gasteiger partial charge in [0.1, 0.15) is 5.75 Å². The normalized spacial score (nSPS) is 13.2. The van der Waals surface area contributed by atoms with Crippen LogP contribution >= 0.6 is 0 Å². The van der Waals surface area contributed by atoms with Crippen molar-refractivity contribution in [2.75, 3.05) is 6.54 Å². The van der Waals surface area contributed by atoms with Gasteiger partial charge in [-0.05, 0) is 38.0 Å². The lowest BCUT2D eigenvalue weighted by Crippen LogP contribution is -2.38. The van der Waals surface area contributed by atoms with E-state index in [9.17, 15) is 4.79 Å². The molecule has 0 aliphatic heterocycles. The van der Waals surface area contributed by atoms with Crippen molar-refractivity contribution in [1.29, 1.82) is 0 Å². The molecule has 1 N–H and O–H groups in total. The summed E-state index contributed by atoms with van der Waals surface area (Å²) in [5.74, 6) is 0.958. The lowest BCUT2D eigenvalue weighted by molar-refractivity contribution is -0.127. The number of hydrogen-bond acceptors (Lipinski definition) is 2. The predicted molar refractivity (Wildman–Crippen MR) is 93.8 cm³/mol. The van der Waals surface area contributed by atoms with Gasteiger partial charge in [0, 0.05) is 12.5 Å². The minimum atomic E-state index is -0.508. The van der Waals surface area contributed by atoms with Crippen molar-refractivity contribution in [3.8, 4) is 5.75 Å². The van der Waals surface area contributed by atoms with Crippen LogP contribution < -0.4 is 10.1 Å². The van der Waals surface area contributed by atoms with E-state index in [1.807, 2.05) is 49.4 Å². The second-order valence-corrected chi connectivity index (χ2v) is 5.83. The number of carbonyl (C=O) groups is 1. The Bertz CT molecular complexity index is 607. The Kier molecular flexibility index (Phi) is 6.21. The molecule has 0 saturated heterocycles. The molecule has 0 spiro atoms. The molecule has 1 amide bonds. The molecule has 122 valence electrons. The van der Waals surface area contributed by atoms with Gasteiger partial charge in [-0.3, -0.25) is 4.79 Å². The number of hydrogen-bond donors (Lipinski definition) is 1. The van der Waals surface area contributed by atoms with E-state index in [1.165, 1.54) is 11.1 Å². The molecule has 0 aliphatic rings. The SMILES string of the molecule is CCC(CNC(=O)C(C)Oc1ccc(C)cc1)c1ccccc1. The van der Waals surface area contributed by atoms with Crippen LogP contribution in [0.3, 0.4) is 0 Å². The summed E-state index contributed by atoms with van der Waals surface area (Å²) < 4.78 is 5.69. The fraction of sp³-hybridized carbons (Fsp3) is 0.350. The Hall–Kier alpha value is -2.29. The Morgan fingerprint density at radius 1 is 1.09 bits per heavy atom. The smallest absolute Gasteiger partial charge is 0.260 e. The summed E-state index contributed by atoms with van der Waals surface area (Å²) in [6.45, 7) is 6.56. The van der Waals surface area contributed by atoms with E-state index >= 15 is 0 Å². The molecule has 0 saturated carbocycles. The van der Waals surface area contributed by atoms with E-state index in [0.29, 0.717) is 18.2 Å². The topological polar surface area (TPSA) is 38.3 Å². The zero-order valence-corrected chi connectivity index (χ0v) is 14.1. The minimum Gasteiger partial charge on any atom is -0.481 e. The number of aryl methyl sites for hydroxylation is 1. The first-order valence-corrected chi connectivity index (χ1v) is 8.16. The Morgan fingerprint density at radius 2 is 1.74 bits per heavy atom. The fourth-order valence-electron chi connectivity index (χ4n) is 2.47. The number of carbonyl (C=O) groups excluding carboxylic acids is 1. The van der Waals surface area contributed by atoms with Crippen LogP contribution in [0.2, 0.25) is 0 Å². The first kappa shape index (κ1) is 17.1. The summed E-state index contributed by atoms with van der Waals surface area (Å²) in [6, 6.07) is 18.0. The summed E-state index contributed by atoms with van der Waals surface area (Å²) in [5.41, 5.74) is 2.42. The lowest BCUT2D eigenvalue weighted by atomic mass is 9.96. The van der Waals surface area contributed by atoms with E-state index in [2.05, 4.69) is 24.4 Å². The highest BCUT2D eigenvalue weighted by atomic mass is 16.5. The molecule has 3 heteroatoms. The Balaban J connectivity index is 1.86. The fourth-order valence-corrected chi connectivity index (χ4v) is 2.47. The van der Waals surface area contributed by atoms with Crippen molar-refractivity contribution in [2.24, 2.45) is 0 Å². The summed E-state index contributed by atoms with van der Waals surface area (Å²) in [5, 5.41) is 3.00. The highest BCUT2D eigenvalue weighted by Crippen LogP contribution is 2.18. The minimum absolute atomic E-state index is 0.0834. The van der Waals surface area contributed by atoms with Crippen LogP contribution in [-0.4, -0.2) is 18.6 Å². The van der Waals surface area contributed by atoms with Gasteiger partial charge in [0.25, 0.3) is 5.91 Å². The zero-order valence-electron chi connectivity index (χ0n) is 14.1. The van der Waals surface area contributed by atoms with Gasteiger partial charge in [-0.15, -0.1) is 0 Å². The van der Waals surface area contributed by atoms with Crippen LogP contribution in [0.1, 0.15) is 37.3 Å². The predicted octanol–water partition coefficient (Wildman–Crippen LogP) is 4.07. The van der Waals surface area contributed by atoms with Crippen molar-refractivity contribution in [3.05, 3.63) is 65.7 Å². The molecule has 0 bridgehead atoms. The van der Waals surface area contributed by atoms with Gasteiger partial charge in [-0.2, -0.15) is 0 Å². The van der Waals surface area contributed by atoms with E-state index in [1.54, 1.807) is 6.92 Å². The first-order chi connectivity index (χ1) is 11.1. The molecule has 3 nitrogen and oxygen atoms in total. The molecular formula is C20H25NO2. The number of nitrogens with one attached hydrogen (secondary N) is 1. The molecule has 0 fully saturated rings. The largest absolute Gasteiger partial charge is 0.481 e. The molecule has 0 radical (unpaired) electrons. The van der Waals surface area contributed by atoms with Crippen molar-refractivity contribution in [1.82, 2.24) is 5.32 Å². The van der Waals surface area contributed by atoms with Crippen LogP contribution in [0.25, 0.3) is 0 Å². The van der Waals surface area contributed by atoms with Crippen molar-refractivity contribution in [2.45, 2.75) is 39.2 Å². The highest BCUT2D eigenvalue weighted by molar-refractivity contribution is 5.80. The van der Waals surface area contributed by atoms with Gasteiger partial charge < -0.3 is 10.1 Å².